The Bertz CT molecular complexity index is 1200. The summed E-state index contributed by atoms with van der Waals surface area (Å²) in [5, 5.41) is 11.2. The minimum atomic E-state index is -0.166. The van der Waals surface area contributed by atoms with Crippen molar-refractivity contribution in [1.82, 2.24) is 14.9 Å². The van der Waals surface area contributed by atoms with E-state index < -0.39 is 0 Å². The fourth-order valence-electron chi connectivity index (χ4n) is 3.24. The first-order valence-electron chi connectivity index (χ1n) is 9.85. The van der Waals surface area contributed by atoms with E-state index in [1.165, 1.54) is 4.90 Å². The number of aryl methyl sites for hydroxylation is 1. The number of nitrogens with two attached hydrogens (primary N) is 1. The maximum atomic E-state index is 13.2. The van der Waals surface area contributed by atoms with Gasteiger partial charge in [-0.05, 0) is 48.5 Å². The Morgan fingerprint density at radius 2 is 1.97 bits per heavy atom. The minimum absolute atomic E-state index is 0.156. The van der Waals surface area contributed by atoms with Gasteiger partial charge in [-0.25, -0.2) is 9.97 Å². The molecule has 0 radical (unpaired) electrons. The first-order chi connectivity index (χ1) is 15.3. The number of benzene rings is 2. The third-order valence-electron chi connectivity index (χ3n) is 4.96. The van der Waals surface area contributed by atoms with E-state index in [0.717, 1.165) is 27.0 Å². The summed E-state index contributed by atoms with van der Waals surface area (Å²) in [6.07, 6.45) is 2.49. The second kappa shape index (κ2) is 10.7. The van der Waals surface area contributed by atoms with E-state index in [9.17, 15) is 14.7 Å². The largest absolute Gasteiger partial charge is 0.396 e. The molecule has 9 heteroatoms. The van der Waals surface area contributed by atoms with Crippen molar-refractivity contribution in [3.63, 3.8) is 0 Å². The molecule has 0 aliphatic rings. The van der Waals surface area contributed by atoms with Gasteiger partial charge in [0.25, 0.3) is 0 Å². The van der Waals surface area contributed by atoms with E-state index in [1.807, 2.05) is 30.3 Å². The van der Waals surface area contributed by atoms with Gasteiger partial charge in [0.2, 0.25) is 11.5 Å². The number of nitrogen functional groups attached to an aromatic ring is 1. The molecule has 0 aliphatic carbocycles. The number of aliphatic hydroxyl groups is 1. The molecule has 1 aromatic heterocycles. The zero-order valence-corrected chi connectivity index (χ0v) is 20.1. The van der Waals surface area contributed by atoms with Crippen LogP contribution >= 0.6 is 27.7 Å². The predicted molar refractivity (Wildman–Crippen MR) is 131 cm³/mol. The average Bonchev–Trinajstić information content (AvgIpc) is 2.78. The molecule has 0 spiro atoms. The number of nitrogens with zero attached hydrogens (tertiary/aromatic N) is 3. The van der Waals surface area contributed by atoms with Gasteiger partial charge in [0.1, 0.15) is 11.6 Å². The van der Waals surface area contributed by atoms with Crippen molar-refractivity contribution in [2.75, 3.05) is 12.3 Å². The maximum absolute atomic E-state index is 13.2. The highest BCUT2D eigenvalue weighted by atomic mass is 79.9. The van der Waals surface area contributed by atoms with Gasteiger partial charge in [-0.15, -0.1) is 0 Å². The number of carbonyl (C=O) groups excluding carboxylic acids is 2. The average molecular weight is 515 g/mol. The highest BCUT2D eigenvalue weighted by Crippen LogP contribution is 2.33. The fraction of sp³-hybridized carbons (Fsp3) is 0.217. The first-order valence-corrected chi connectivity index (χ1v) is 11.5. The van der Waals surface area contributed by atoms with Crippen molar-refractivity contribution in [2.24, 2.45) is 0 Å². The van der Waals surface area contributed by atoms with Crippen molar-refractivity contribution in [3.05, 3.63) is 74.6 Å². The highest BCUT2D eigenvalue weighted by Gasteiger charge is 2.19. The second-order valence-corrected chi connectivity index (χ2v) is 9.00. The van der Waals surface area contributed by atoms with E-state index in [0.29, 0.717) is 39.8 Å². The standard InChI is InChI=1S/C23H23BrN4O3S/c1-14(28(13-30)12-16-11-26-15(2)27-22(16)25)21(9-10-29)32-23(31)19-7-3-6-18-17(19)5-4-8-20(18)24/h3-8,11,13,29H,9-10,12H2,1-2H3,(H2,25,26,27). The maximum Gasteiger partial charge on any atom is 0.224 e. The van der Waals surface area contributed by atoms with E-state index in [4.69, 9.17) is 5.73 Å². The molecule has 166 valence electrons. The minimum Gasteiger partial charge on any atom is -0.396 e. The van der Waals surface area contributed by atoms with Crippen LogP contribution in [0.4, 0.5) is 5.82 Å². The zero-order valence-electron chi connectivity index (χ0n) is 17.7. The van der Waals surface area contributed by atoms with Crippen LogP contribution in [0.15, 0.2) is 57.7 Å². The van der Waals surface area contributed by atoms with Crippen LogP contribution in [-0.4, -0.2) is 38.1 Å². The van der Waals surface area contributed by atoms with Gasteiger partial charge in [0.05, 0.1) is 6.54 Å². The number of halogens is 1. The van der Waals surface area contributed by atoms with Gasteiger partial charge in [-0.1, -0.05) is 40.2 Å². The van der Waals surface area contributed by atoms with Crippen molar-refractivity contribution < 1.29 is 14.7 Å². The Labute approximate surface area is 198 Å². The third kappa shape index (κ3) is 5.35. The van der Waals surface area contributed by atoms with Gasteiger partial charge >= 0.3 is 0 Å². The van der Waals surface area contributed by atoms with Crippen LogP contribution in [0, 0.1) is 6.92 Å². The summed E-state index contributed by atoms with van der Waals surface area (Å²) in [6, 6.07) is 11.3. The first kappa shape index (κ1) is 23.9. The Morgan fingerprint density at radius 3 is 2.66 bits per heavy atom. The number of amides is 1. The molecule has 1 heterocycles. The quantitative estimate of drug-likeness (QED) is 0.427. The number of carbonyl (C=O) groups is 2. The van der Waals surface area contributed by atoms with Crippen molar-refractivity contribution >= 4 is 55.8 Å². The number of allylic oxidation sites excluding steroid dienone is 1. The lowest BCUT2D eigenvalue weighted by Crippen LogP contribution is -2.22. The fourth-order valence-corrected chi connectivity index (χ4v) is 4.71. The number of hydrogen-bond donors (Lipinski definition) is 2. The lowest BCUT2D eigenvalue weighted by molar-refractivity contribution is -0.116. The smallest absolute Gasteiger partial charge is 0.224 e. The molecule has 0 saturated heterocycles. The highest BCUT2D eigenvalue weighted by molar-refractivity contribution is 9.10. The number of anilines is 1. The molecule has 3 aromatic rings. The summed E-state index contributed by atoms with van der Waals surface area (Å²) >= 11 is 4.54. The lowest BCUT2D eigenvalue weighted by atomic mass is 10.1. The molecule has 0 saturated carbocycles. The van der Waals surface area contributed by atoms with Gasteiger partial charge in [0.15, 0.2) is 0 Å². The molecule has 3 N–H and O–H groups in total. The molecule has 0 atom stereocenters. The summed E-state index contributed by atoms with van der Waals surface area (Å²) in [5.74, 6) is 0.839. The van der Waals surface area contributed by atoms with Crippen LogP contribution in [0.1, 0.15) is 35.1 Å². The van der Waals surface area contributed by atoms with E-state index in [2.05, 4.69) is 25.9 Å². The second-order valence-electron chi connectivity index (χ2n) is 7.07. The molecule has 0 fully saturated rings. The lowest BCUT2D eigenvalue weighted by Gasteiger charge is -2.22. The molecule has 7 nitrogen and oxygen atoms in total. The Morgan fingerprint density at radius 1 is 1.25 bits per heavy atom. The van der Waals surface area contributed by atoms with Gasteiger partial charge in [-0.2, -0.15) is 0 Å². The predicted octanol–water partition coefficient (Wildman–Crippen LogP) is 4.43. The van der Waals surface area contributed by atoms with Gasteiger partial charge < -0.3 is 15.7 Å². The Balaban J connectivity index is 1.92. The van der Waals surface area contributed by atoms with Crippen LogP contribution in [-0.2, 0) is 11.3 Å². The normalized spacial score (nSPS) is 11.9. The topological polar surface area (TPSA) is 109 Å². The number of fused-ring (bicyclic) bond motifs is 1. The summed E-state index contributed by atoms with van der Waals surface area (Å²) < 4.78 is 0.905. The van der Waals surface area contributed by atoms with E-state index in [1.54, 1.807) is 26.1 Å². The number of hydrogen-bond acceptors (Lipinski definition) is 7. The van der Waals surface area contributed by atoms with E-state index in [-0.39, 0.29) is 24.7 Å². The SMILES string of the molecule is CC(=C(CCO)SC(=O)c1cccc2c(Br)cccc12)N(C=O)Cc1cnc(C)nc1N. The number of thioether (sulfide) groups is 1. The van der Waals surface area contributed by atoms with Crippen molar-refractivity contribution in [2.45, 2.75) is 26.8 Å². The molecule has 3 rings (SSSR count). The summed E-state index contributed by atoms with van der Waals surface area (Å²) in [6.45, 7) is 3.48. The molecule has 32 heavy (non-hydrogen) atoms. The van der Waals surface area contributed by atoms with Crippen LogP contribution in [0.3, 0.4) is 0 Å². The van der Waals surface area contributed by atoms with Crippen molar-refractivity contribution in [3.8, 4) is 0 Å². The molecule has 0 aliphatic heterocycles. The molecule has 2 aromatic carbocycles. The summed E-state index contributed by atoms with van der Waals surface area (Å²) in [4.78, 5) is 35.4. The summed E-state index contributed by atoms with van der Waals surface area (Å²) in [5.41, 5.74) is 7.69. The zero-order chi connectivity index (χ0) is 23.3. The number of aliphatic hydroxyl groups excluding tert-OH is 1. The van der Waals surface area contributed by atoms with Crippen LogP contribution in [0.25, 0.3) is 10.8 Å². The van der Waals surface area contributed by atoms with E-state index >= 15 is 0 Å². The number of aromatic nitrogens is 2. The molecule has 1 amide bonds. The number of rotatable bonds is 8. The molecule has 0 bridgehead atoms. The Kier molecular flexibility index (Phi) is 8.00. The molecular formula is C23H23BrN4O3S. The van der Waals surface area contributed by atoms with Crippen LogP contribution < -0.4 is 5.73 Å². The molecule has 0 unspecified atom stereocenters. The van der Waals surface area contributed by atoms with Crippen LogP contribution in [0.2, 0.25) is 0 Å². The molecular weight excluding hydrogens is 492 g/mol. The van der Waals surface area contributed by atoms with Crippen LogP contribution in [0.5, 0.6) is 0 Å². The van der Waals surface area contributed by atoms with Gasteiger partial charge in [0, 0.05) is 45.4 Å². The third-order valence-corrected chi connectivity index (χ3v) is 6.81. The van der Waals surface area contributed by atoms with Gasteiger partial charge in [-0.3, -0.25) is 9.59 Å². The Hall–Kier alpha value is -2.75. The van der Waals surface area contributed by atoms with Crippen molar-refractivity contribution in [1.29, 1.82) is 0 Å². The monoisotopic (exact) mass is 514 g/mol. The summed E-state index contributed by atoms with van der Waals surface area (Å²) in [7, 11) is 0.